The zero-order valence-electron chi connectivity index (χ0n) is 12.9. The van der Waals surface area contributed by atoms with Gasteiger partial charge in [-0.1, -0.05) is 56.6 Å². The summed E-state index contributed by atoms with van der Waals surface area (Å²) in [5.41, 5.74) is 2.95. The second-order valence-electron chi connectivity index (χ2n) is 6.26. The van der Waals surface area contributed by atoms with Gasteiger partial charge >= 0.3 is 0 Å². The minimum atomic E-state index is -0.251. The lowest BCUT2D eigenvalue weighted by Crippen LogP contribution is -2.19. The van der Waals surface area contributed by atoms with E-state index in [4.69, 9.17) is 11.6 Å². The number of benzene rings is 2. The number of rotatable bonds is 3. The molecule has 0 heterocycles. The lowest BCUT2D eigenvalue weighted by Gasteiger charge is -2.22. The maximum absolute atomic E-state index is 14.1. The van der Waals surface area contributed by atoms with Crippen LogP contribution in [0.3, 0.4) is 0 Å². The maximum atomic E-state index is 14.1. The Morgan fingerprint density at radius 1 is 1.05 bits per heavy atom. The smallest absolute Gasteiger partial charge is 0.128 e. The largest absolute Gasteiger partial charge is 0.309 e. The van der Waals surface area contributed by atoms with Crippen molar-refractivity contribution in [2.75, 3.05) is 7.05 Å². The molecular weight excluding hydrogens is 285 g/mol. The van der Waals surface area contributed by atoms with Gasteiger partial charge in [0, 0.05) is 10.6 Å². The van der Waals surface area contributed by atoms with Crippen LogP contribution in [0.25, 0.3) is 0 Å². The Morgan fingerprint density at radius 2 is 1.67 bits per heavy atom. The summed E-state index contributed by atoms with van der Waals surface area (Å²) in [6.45, 7) is 6.52. The first kappa shape index (κ1) is 16.0. The van der Waals surface area contributed by atoms with Crippen LogP contribution in [0.4, 0.5) is 4.39 Å². The zero-order valence-corrected chi connectivity index (χ0v) is 13.6. The number of halogens is 2. The SMILES string of the molecule is CNC(c1ccc(C(C)(C)C)cc1)c1cc(Cl)ccc1F. The molecule has 0 aliphatic rings. The first-order chi connectivity index (χ1) is 9.82. The number of hydrogen-bond acceptors (Lipinski definition) is 1. The topological polar surface area (TPSA) is 12.0 Å². The van der Waals surface area contributed by atoms with Crippen LogP contribution in [-0.2, 0) is 5.41 Å². The van der Waals surface area contributed by atoms with Crippen LogP contribution in [-0.4, -0.2) is 7.05 Å². The standard InChI is InChI=1S/C18H21ClFN/c1-18(2,3)13-7-5-12(6-8-13)17(21-4)15-11-14(19)9-10-16(15)20/h5-11,17,21H,1-4H3. The summed E-state index contributed by atoms with van der Waals surface area (Å²) in [4.78, 5) is 0. The molecule has 2 aromatic carbocycles. The third kappa shape index (κ3) is 3.63. The van der Waals surface area contributed by atoms with Crippen molar-refractivity contribution in [3.05, 3.63) is 70.0 Å². The monoisotopic (exact) mass is 305 g/mol. The summed E-state index contributed by atoms with van der Waals surface area (Å²) in [5, 5.41) is 3.70. The minimum Gasteiger partial charge on any atom is -0.309 e. The molecule has 0 aromatic heterocycles. The highest BCUT2D eigenvalue weighted by Gasteiger charge is 2.18. The molecule has 1 unspecified atom stereocenters. The molecule has 1 N–H and O–H groups in total. The molecule has 2 rings (SSSR count). The Labute approximate surface area is 131 Å². The predicted molar refractivity (Wildman–Crippen MR) is 87.5 cm³/mol. The van der Waals surface area contributed by atoms with Crippen molar-refractivity contribution in [2.45, 2.75) is 32.2 Å². The van der Waals surface area contributed by atoms with Crippen LogP contribution in [0.5, 0.6) is 0 Å². The van der Waals surface area contributed by atoms with Crippen LogP contribution < -0.4 is 5.32 Å². The fraction of sp³-hybridized carbons (Fsp3) is 0.333. The number of nitrogens with one attached hydrogen (secondary N) is 1. The highest BCUT2D eigenvalue weighted by molar-refractivity contribution is 6.30. The van der Waals surface area contributed by atoms with Crippen molar-refractivity contribution in [3.63, 3.8) is 0 Å². The molecule has 0 fully saturated rings. The van der Waals surface area contributed by atoms with Crippen LogP contribution >= 0.6 is 11.6 Å². The van der Waals surface area contributed by atoms with Gasteiger partial charge < -0.3 is 5.32 Å². The third-order valence-electron chi connectivity index (χ3n) is 3.67. The van der Waals surface area contributed by atoms with Gasteiger partial charge in [-0.15, -0.1) is 0 Å². The van der Waals surface area contributed by atoms with E-state index in [1.807, 2.05) is 19.2 Å². The maximum Gasteiger partial charge on any atom is 0.128 e. The van der Waals surface area contributed by atoms with Gasteiger partial charge in [-0.25, -0.2) is 4.39 Å². The normalized spacial score (nSPS) is 13.2. The highest BCUT2D eigenvalue weighted by atomic mass is 35.5. The first-order valence-electron chi connectivity index (χ1n) is 7.05. The van der Waals surface area contributed by atoms with E-state index < -0.39 is 0 Å². The minimum absolute atomic E-state index is 0.106. The average molecular weight is 306 g/mol. The van der Waals surface area contributed by atoms with Crippen molar-refractivity contribution >= 4 is 11.6 Å². The van der Waals surface area contributed by atoms with E-state index in [0.29, 0.717) is 10.6 Å². The molecule has 0 bridgehead atoms. The molecule has 1 nitrogen and oxygen atoms in total. The molecule has 0 aliphatic heterocycles. The van der Waals surface area contributed by atoms with Crippen molar-refractivity contribution in [2.24, 2.45) is 0 Å². The zero-order chi connectivity index (χ0) is 15.6. The average Bonchev–Trinajstić information content (AvgIpc) is 2.43. The van der Waals surface area contributed by atoms with Gasteiger partial charge in [-0.05, 0) is 41.8 Å². The predicted octanol–water partition coefficient (Wildman–Crippen LogP) is 5.09. The fourth-order valence-electron chi connectivity index (χ4n) is 2.41. The highest BCUT2D eigenvalue weighted by Crippen LogP contribution is 2.29. The van der Waals surface area contributed by atoms with Crippen LogP contribution in [0.2, 0.25) is 5.02 Å². The second-order valence-corrected chi connectivity index (χ2v) is 6.70. The molecule has 0 saturated heterocycles. The van der Waals surface area contributed by atoms with E-state index in [0.717, 1.165) is 5.56 Å². The van der Waals surface area contributed by atoms with Crippen molar-refractivity contribution in [1.82, 2.24) is 5.32 Å². The summed E-state index contributed by atoms with van der Waals surface area (Å²) in [6.07, 6.45) is 0. The lowest BCUT2D eigenvalue weighted by atomic mass is 9.86. The first-order valence-corrected chi connectivity index (χ1v) is 7.43. The van der Waals surface area contributed by atoms with Crippen molar-refractivity contribution in [3.8, 4) is 0 Å². The molecule has 0 radical (unpaired) electrons. The van der Waals surface area contributed by atoms with Gasteiger partial charge in [0.2, 0.25) is 0 Å². The van der Waals surface area contributed by atoms with E-state index in [1.54, 1.807) is 12.1 Å². The van der Waals surface area contributed by atoms with Crippen molar-refractivity contribution in [1.29, 1.82) is 0 Å². The molecule has 21 heavy (non-hydrogen) atoms. The van der Waals surface area contributed by atoms with Gasteiger partial charge in [0.15, 0.2) is 0 Å². The third-order valence-corrected chi connectivity index (χ3v) is 3.90. The summed E-state index contributed by atoms with van der Waals surface area (Å²) in [5.74, 6) is -0.251. The second kappa shape index (κ2) is 6.17. The Kier molecular flexibility index (Phi) is 4.70. The Morgan fingerprint density at radius 3 is 2.19 bits per heavy atom. The molecule has 3 heteroatoms. The van der Waals surface area contributed by atoms with E-state index in [2.05, 4.69) is 38.2 Å². The quantitative estimate of drug-likeness (QED) is 0.833. The van der Waals surface area contributed by atoms with Gasteiger partial charge in [-0.2, -0.15) is 0 Å². The molecule has 0 aliphatic carbocycles. The van der Waals surface area contributed by atoms with E-state index in [1.165, 1.54) is 11.6 Å². The Bertz CT molecular complexity index is 614. The Hall–Kier alpha value is -1.38. The van der Waals surface area contributed by atoms with Crippen molar-refractivity contribution < 1.29 is 4.39 Å². The number of hydrogen-bond donors (Lipinski definition) is 1. The Balaban J connectivity index is 2.40. The van der Waals surface area contributed by atoms with Crippen LogP contribution in [0, 0.1) is 5.82 Å². The van der Waals surface area contributed by atoms with Gasteiger partial charge in [0.05, 0.1) is 6.04 Å². The molecule has 1 atom stereocenters. The summed E-state index contributed by atoms with van der Waals surface area (Å²) >= 11 is 6.00. The van der Waals surface area contributed by atoms with Gasteiger partial charge in [0.25, 0.3) is 0 Å². The molecule has 0 amide bonds. The molecule has 112 valence electrons. The van der Waals surface area contributed by atoms with E-state index in [9.17, 15) is 4.39 Å². The van der Waals surface area contributed by atoms with Crippen LogP contribution in [0.1, 0.15) is 43.5 Å². The fourth-order valence-corrected chi connectivity index (χ4v) is 2.59. The lowest BCUT2D eigenvalue weighted by molar-refractivity contribution is 0.573. The molecule has 0 spiro atoms. The molecule has 2 aromatic rings. The van der Waals surface area contributed by atoms with E-state index in [-0.39, 0.29) is 17.3 Å². The van der Waals surface area contributed by atoms with Crippen LogP contribution in [0.15, 0.2) is 42.5 Å². The van der Waals surface area contributed by atoms with E-state index >= 15 is 0 Å². The summed E-state index contributed by atoms with van der Waals surface area (Å²) in [6, 6.07) is 12.7. The van der Waals surface area contributed by atoms with Gasteiger partial charge in [-0.3, -0.25) is 0 Å². The molecule has 0 saturated carbocycles. The summed E-state index contributed by atoms with van der Waals surface area (Å²) < 4.78 is 14.1. The molecular formula is C18H21ClFN. The summed E-state index contributed by atoms with van der Waals surface area (Å²) in [7, 11) is 1.82. The van der Waals surface area contributed by atoms with Gasteiger partial charge in [0.1, 0.15) is 5.82 Å².